The van der Waals surface area contributed by atoms with Gasteiger partial charge in [0.15, 0.2) is 10.1 Å². The number of carbonyl (C=O) groups is 1. The van der Waals surface area contributed by atoms with Crippen molar-refractivity contribution in [2.75, 3.05) is 11.0 Å². The molecular weight excluding hydrogens is 419 g/mol. The van der Waals surface area contributed by atoms with Crippen molar-refractivity contribution in [2.45, 2.75) is 16.5 Å². The number of rotatable bonds is 7. The highest BCUT2D eigenvalue weighted by atomic mass is 32.2. The molecule has 0 aliphatic heterocycles. The number of aromatic nitrogens is 1. The standard InChI is InChI=1S/C19H17FN2O3S3/c1-12(18(23)14-5-9-16(10-6-14)22-28(2,24)25)27-19-21-17(11-26-19)13-3-7-15(20)8-4-13/h3-12,22H,1-2H3. The molecule has 0 bridgehead atoms. The summed E-state index contributed by atoms with van der Waals surface area (Å²) in [7, 11) is -3.36. The van der Waals surface area contributed by atoms with Crippen LogP contribution in [0.25, 0.3) is 11.3 Å². The molecule has 0 saturated heterocycles. The first-order valence-corrected chi connectivity index (χ1v) is 11.9. The lowest BCUT2D eigenvalue weighted by molar-refractivity contribution is 0.0994. The van der Waals surface area contributed by atoms with Crippen LogP contribution in [0.1, 0.15) is 17.3 Å². The third-order valence-electron chi connectivity index (χ3n) is 3.74. The van der Waals surface area contributed by atoms with E-state index in [1.54, 1.807) is 43.3 Å². The lowest BCUT2D eigenvalue weighted by Gasteiger charge is -2.09. The molecule has 5 nitrogen and oxygen atoms in total. The summed E-state index contributed by atoms with van der Waals surface area (Å²) in [4.78, 5) is 17.1. The minimum absolute atomic E-state index is 0.0746. The fourth-order valence-electron chi connectivity index (χ4n) is 2.42. The third kappa shape index (κ3) is 5.40. The Morgan fingerprint density at radius 3 is 2.39 bits per heavy atom. The molecule has 1 heterocycles. The molecular formula is C19H17FN2O3S3. The van der Waals surface area contributed by atoms with E-state index < -0.39 is 10.0 Å². The molecule has 0 spiro atoms. The highest BCUT2D eigenvalue weighted by molar-refractivity contribution is 8.02. The molecule has 28 heavy (non-hydrogen) atoms. The molecule has 9 heteroatoms. The maximum Gasteiger partial charge on any atom is 0.229 e. The van der Waals surface area contributed by atoms with Crippen LogP contribution >= 0.6 is 23.1 Å². The molecule has 0 fully saturated rings. The summed E-state index contributed by atoms with van der Waals surface area (Å²) in [5, 5.41) is 1.51. The van der Waals surface area contributed by atoms with Crippen molar-refractivity contribution in [2.24, 2.45) is 0 Å². The lowest BCUT2D eigenvalue weighted by atomic mass is 10.1. The summed E-state index contributed by atoms with van der Waals surface area (Å²) in [5.41, 5.74) is 2.46. The van der Waals surface area contributed by atoms with Gasteiger partial charge in [0.05, 0.1) is 17.2 Å². The number of thiazole rings is 1. The molecule has 1 atom stereocenters. The molecule has 3 aromatic rings. The number of ketones is 1. The Morgan fingerprint density at radius 2 is 1.79 bits per heavy atom. The van der Waals surface area contributed by atoms with Crippen molar-refractivity contribution in [3.8, 4) is 11.3 Å². The van der Waals surface area contributed by atoms with Crippen molar-refractivity contribution in [3.05, 3.63) is 65.3 Å². The van der Waals surface area contributed by atoms with Gasteiger partial charge in [-0.2, -0.15) is 0 Å². The van der Waals surface area contributed by atoms with Crippen molar-refractivity contribution in [1.29, 1.82) is 0 Å². The Morgan fingerprint density at radius 1 is 1.14 bits per heavy atom. The summed E-state index contributed by atoms with van der Waals surface area (Å²) in [6.07, 6.45) is 1.07. The quantitative estimate of drug-likeness (QED) is 0.430. The summed E-state index contributed by atoms with van der Waals surface area (Å²) in [6, 6.07) is 12.4. The van der Waals surface area contributed by atoms with E-state index in [1.807, 2.05) is 5.38 Å². The van der Waals surface area contributed by atoms with Gasteiger partial charge < -0.3 is 0 Å². The van der Waals surface area contributed by atoms with Crippen LogP contribution in [0.3, 0.4) is 0 Å². The summed E-state index contributed by atoms with van der Waals surface area (Å²) >= 11 is 2.78. The maximum atomic E-state index is 13.0. The van der Waals surface area contributed by atoms with Gasteiger partial charge in [-0.25, -0.2) is 17.8 Å². The Bertz CT molecular complexity index is 1080. The number of carbonyl (C=O) groups excluding carboxylic acids is 1. The lowest BCUT2D eigenvalue weighted by Crippen LogP contribution is -2.14. The molecule has 0 amide bonds. The number of sulfonamides is 1. The zero-order chi connectivity index (χ0) is 20.3. The molecule has 1 unspecified atom stereocenters. The molecule has 146 valence electrons. The fraction of sp³-hybridized carbons (Fsp3) is 0.158. The maximum absolute atomic E-state index is 13.0. The average molecular weight is 437 g/mol. The van der Waals surface area contributed by atoms with E-state index in [2.05, 4.69) is 9.71 Å². The van der Waals surface area contributed by atoms with Crippen LogP contribution in [0.4, 0.5) is 10.1 Å². The van der Waals surface area contributed by atoms with E-state index in [4.69, 9.17) is 0 Å². The summed E-state index contributed by atoms with van der Waals surface area (Å²) in [6.45, 7) is 1.80. The average Bonchev–Trinajstić information content (AvgIpc) is 3.09. The number of benzene rings is 2. The van der Waals surface area contributed by atoms with Crippen LogP contribution in [-0.4, -0.2) is 30.7 Å². The van der Waals surface area contributed by atoms with E-state index in [9.17, 15) is 17.6 Å². The number of anilines is 1. The largest absolute Gasteiger partial charge is 0.293 e. The van der Waals surface area contributed by atoms with E-state index in [-0.39, 0.29) is 16.9 Å². The molecule has 1 aromatic heterocycles. The number of halogens is 1. The molecule has 0 saturated carbocycles. The van der Waals surface area contributed by atoms with Crippen molar-refractivity contribution < 1.29 is 17.6 Å². The van der Waals surface area contributed by atoms with Crippen molar-refractivity contribution >= 4 is 44.6 Å². The number of nitrogens with one attached hydrogen (secondary N) is 1. The van der Waals surface area contributed by atoms with E-state index in [1.165, 1.54) is 35.2 Å². The number of hydrogen-bond donors (Lipinski definition) is 1. The van der Waals surface area contributed by atoms with Crippen LogP contribution < -0.4 is 4.72 Å². The Labute approximate surface area is 171 Å². The van der Waals surface area contributed by atoms with Gasteiger partial charge in [-0.3, -0.25) is 9.52 Å². The molecule has 1 N–H and O–H groups in total. The van der Waals surface area contributed by atoms with Crippen LogP contribution in [0, 0.1) is 5.82 Å². The highest BCUT2D eigenvalue weighted by Crippen LogP contribution is 2.32. The molecule has 0 aliphatic rings. The Balaban J connectivity index is 1.66. The van der Waals surface area contributed by atoms with Crippen LogP contribution in [0.15, 0.2) is 58.3 Å². The van der Waals surface area contributed by atoms with E-state index in [0.717, 1.165) is 21.9 Å². The second-order valence-corrected chi connectivity index (χ2v) is 10.3. The number of hydrogen-bond acceptors (Lipinski definition) is 6. The van der Waals surface area contributed by atoms with Crippen LogP contribution in [0.5, 0.6) is 0 Å². The normalized spacial score (nSPS) is 12.5. The van der Waals surface area contributed by atoms with Gasteiger partial charge in [0.25, 0.3) is 0 Å². The monoisotopic (exact) mass is 436 g/mol. The van der Waals surface area contributed by atoms with Gasteiger partial charge in [0, 0.05) is 22.2 Å². The second kappa shape index (κ2) is 8.42. The SMILES string of the molecule is CC(Sc1nc(-c2ccc(F)cc2)cs1)C(=O)c1ccc(NS(C)(=O)=O)cc1. The zero-order valence-corrected chi connectivity index (χ0v) is 17.5. The zero-order valence-electron chi connectivity index (χ0n) is 15.0. The van der Waals surface area contributed by atoms with Gasteiger partial charge >= 0.3 is 0 Å². The third-order valence-corrected chi connectivity index (χ3v) is 6.42. The van der Waals surface area contributed by atoms with Crippen LogP contribution in [0.2, 0.25) is 0 Å². The Hall–Kier alpha value is -2.23. The minimum atomic E-state index is -3.36. The fourth-order valence-corrected chi connectivity index (χ4v) is 5.03. The second-order valence-electron chi connectivity index (χ2n) is 6.08. The number of thioether (sulfide) groups is 1. The summed E-state index contributed by atoms with van der Waals surface area (Å²) < 4.78 is 38.6. The Kier molecular flexibility index (Phi) is 6.17. The number of nitrogens with zero attached hydrogens (tertiary/aromatic N) is 1. The van der Waals surface area contributed by atoms with Crippen molar-refractivity contribution in [3.63, 3.8) is 0 Å². The van der Waals surface area contributed by atoms with E-state index >= 15 is 0 Å². The highest BCUT2D eigenvalue weighted by Gasteiger charge is 2.18. The smallest absolute Gasteiger partial charge is 0.229 e. The molecule has 0 radical (unpaired) electrons. The van der Waals surface area contributed by atoms with Gasteiger partial charge in [-0.1, -0.05) is 11.8 Å². The van der Waals surface area contributed by atoms with Gasteiger partial charge in [0.2, 0.25) is 10.0 Å². The predicted molar refractivity (Wildman–Crippen MR) is 112 cm³/mol. The molecule has 0 aliphatic carbocycles. The molecule has 3 rings (SSSR count). The topological polar surface area (TPSA) is 76.1 Å². The first-order valence-electron chi connectivity index (χ1n) is 8.21. The first-order chi connectivity index (χ1) is 13.2. The van der Waals surface area contributed by atoms with Gasteiger partial charge in [-0.15, -0.1) is 11.3 Å². The first kappa shape index (κ1) is 20.5. The van der Waals surface area contributed by atoms with Gasteiger partial charge in [0.1, 0.15) is 5.82 Å². The molecule has 2 aromatic carbocycles. The minimum Gasteiger partial charge on any atom is -0.293 e. The number of Topliss-reactive ketones (excluding diaryl/α,β-unsaturated/α-hetero) is 1. The predicted octanol–water partition coefficient (Wildman–Crippen LogP) is 4.68. The summed E-state index contributed by atoms with van der Waals surface area (Å²) in [5.74, 6) is -0.375. The van der Waals surface area contributed by atoms with Crippen LogP contribution in [-0.2, 0) is 10.0 Å². The van der Waals surface area contributed by atoms with Gasteiger partial charge in [-0.05, 0) is 55.5 Å². The van der Waals surface area contributed by atoms with Crippen molar-refractivity contribution in [1.82, 2.24) is 4.98 Å². The van der Waals surface area contributed by atoms with E-state index in [0.29, 0.717) is 11.3 Å².